The highest BCUT2D eigenvalue weighted by atomic mass is 19.1. The van der Waals surface area contributed by atoms with Gasteiger partial charge in [0.05, 0.1) is 11.3 Å². The Hall–Kier alpha value is -3.22. The van der Waals surface area contributed by atoms with Crippen molar-refractivity contribution in [1.29, 1.82) is 0 Å². The second-order valence-electron chi connectivity index (χ2n) is 9.31. The van der Waals surface area contributed by atoms with Crippen molar-refractivity contribution >= 4 is 23.4 Å². The lowest BCUT2D eigenvalue weighted by molar-refractivity contribution is -0.128. The molecule has 2 aliphatic heterocycles. The molecule has 2 aromatic carbocycles. The van der Waals surface area contributed by atoms with E-state index in [4.69, 9.17) is 0 Å². The third-order valence-corrected chi connectivity index (χ3v) is 7.18. The average Bonchev–Trinajstić information content (AvgIpc) is 2.94. The van der Waals surface area contributed by atoms with Crippen LogP contribution in [0.25, 0.3) is 11.1 Å². The van der Waals surface area contributed by atoms with Gasteiger partial charge in [0, 0.05) is 24.1 Å². The molecule has 3 amide bonds. The first-order chi connectivity index (χ1) is 16.0. The lowest BCUT2D eigenvalue weighted by Crippen LogP contribution is -2.55. The number of piperidine rings is 1. The molecule has 2 aromatic rings. The lowest BCUT2D eigenvalue weighted by atomic mass is 9.88. The molecule has 6 nitrogen and oxygen atoms in total. The number of halogens is 1. The van der Waals surface area contributed by atoms with Gasteiger partial charge < -0.3 is 15.5 Å². The van der Waals surface area contributed by atoms with Crippen LogP contribution < -0.4 is 10.6 Å². The Kier molecular flexibility index (Phi) is 5.87. The summed E-state index contributed by atoms with van der Waals surface area (Å²) in [5.41, 5.74) is 1.78. The van der Waals surface area contributed by atoms with Crippen molar-refractivity contribution in [1.82, 2.24) is 10.2 Å². The second-order valence-corrected chi connectivity index (χ2v) is 9.31. The highest BCUT2D eigenvalue weighted by molar-refractivity contribution is 6.10. The van der Waals surface area contributed by atoms with Crippen LogP contribution in [-0.4, -0.2) is 41.2 Å². The Labute approximate surface area is 192 Å². The molecular weight excluding hydrogens is 421 g/mol. The summed E-state index contributed by atoms with van der Waals surface area (Å²) in [6.07, 6.45) is 6.21. The van der Waals surface area contributed by atoms with Gasteiger partial charge in [0.2, 0.25) is 11.8 Å². The van der Waals surface area contributed by atoms with E-state index in [0.29, 0.717) is 41.8 Å². The first kappa shape index (κ1) is 21.6. The number of anilines is 1. The molecule has 3 aliphatic rings. The van der Waals surface area contributed by atoms with Crippen molar-refractivity contribution < 1.29 is 18.8 Å². The number of benzene rings is 2. The summed E-state index contributed by atoms with van der Waals surface area (Å²) in [4.78, 5) is 40.7. The molecule has 0 bridgehead atoms. The molecule has 172 valence electrons. The zero-order valence-electron chi connectivity index (χ0n) is 18.5. The van der Waals surface area contributed by atoms with Crippen molar-refractivity contribution in [2.24, 2.45) is 5.92 Å². The Balaban J connectivity index is 1.35. The van der Waals surface area contributed by atoms with Crippen LogP contribution in [0.3, 0.4) is 0 Å². The number of rotatable bonds is 3. The molecule has 0 radical (unpaired) electrons. The number of nitrogens with zero attached hydrogens (tertiary/aromatic N) is 1. The Bertz CT molecular complexity index is 1100. The Morgan fingerprint density at radius 3 is 2.58 bits per heavy atom. The van der Waals surface area contributed by atoms with Gasteiger partial charge in [-0.05, 0) is 49.4 Å². The van der Waals surface area contributed by atoms with Crippen LogP contribution in [0.1, 0.15) is 55.3 Å². The van der Waals surface area contributed by atoms with E-state index in [1.165, 1.54) is 12.5 Å². The molecule has 0 spiro atoms. The maximum absolute atomic E-state index is 14.3. The summed E-state index contributed by atoms with van der Waals surface area (Å²) < 4.78 is 14.3. The molecule has 33 heavy (non-hydrogen) atoms. The number of carbonyl (C=O) groups is 3. The minimum Gasteiger partial charge on any atom is -0.353 e. The van der Waals surface area contributed by atoms with Gasteiger partial charge in [-0.2, -0.15) is 0 Å². The fourth-order valence-electron chi connectivity index (χ4n) is 5.34. The van der Waals surface area contributed by atoms with Gasteiger partial charge in [0.15, 0.2) is 0 Å². The molecule has 1 saturated heterocycles. The highest BCUT2D eigenvalue weighted by Crippen LogP contribution is 2.33. The van der Waals surface area contributed by atoms with E-state index in [-0.39, 0.29) is 35.5 Å². The summed E-state index contributed by atoms with van der Waals surface area (Å²) >= 11 is 0. The predicted molar refractivity (Wildman–Crippen MR) is 123 cm³/mol. The van der Waals surface area contributed by atoms with E-state index in [2.05, 4.69) is 10.6 Å². The number of amides is 3. The van der Waals surface area contributed by atoms with Gasteiger partial charge in [-0.3, -0.25) is 14.4 Å². The standard InChI is InChI=1S/C26H28FN3O3/c27-21-9-5-4-8-19(21)17-10-11-22-20(14-17)26(33)30-13-12-18(15-23(30)25(32)29-22)28-24(31)16-6-2-1-3-7-16/h4-5,8-11,14,16,18,23H,1-3,6-7,12-13,15H2,(H,28,31)(H,29,32). The summed E-state index contributed by atoms with van der Waals surface area (Å²) in [6.45, 7) is 0.385. The molecule has 0 aromatic heterocycles. The van der Waals surface area contributed by atoms with Crippen LogP contribution in [0, 0.1) is 11.7 Å². The molecule has 1 saturated carbocycles. The Morgan fingerprint density at radius 1 is 1.00 bits per heavy atom. The van der Waals surface area contributed by atoms with Gasteiger partial charge in [0.1, 0.15) is 11.9 Å². The summed E-state index contributed by atoms with van der Waals surface area (Å²) in [5.74, 6) is -0.732. The van der Waals surface area contributed by atoms with Crippen LogP contribution in [0.2, 0.25) is 0 Å². The summed E-state index contributed by atoms with van der Waals surface area (Å²) in [6, 6.07) is 10.7. The smallest absolute Gasteiger partial charge is 0.256 e. The minimum absolute atomic E-state index is 0.0578. The zero-order chi connectivity index (χ0) is 22.9. The minimum atomic E-state index is -0.646. The largest absolute Gasteiger partial charge is 0.353 e. The highest BCUT2D eigenvalue weighted by Gasteiger charge is 2.40. The Morgan fingerprint density at radius 2 is 1.79 bits per heavy atom. The first-order valence-electron chi connectivity index (χ1n) is 11.8. The van der Waals surface area contributed by atoms with Gasteiger partial charge in [-0.15, -0.1) is 0 Å². The van der Waals surface area contributed by atoms with E-state index in [9.17, 15) is 18.8 Å². The number of hydrogen-bond donors (Lipinski definition) is 2. The maximum atomic E-state index is 14.3. The molecule has 7 heteroatoms. The molecule has 2 N–H and O–H groups in total. The predicted octanol–water partition coefficient (Wildman–Crippen LogP) is 4.11. The van der Waals surface area contributed by atoms with Crippen LogP contribution in [0.4, 0.5) is 10.1 Å². The molecule has 5 rings (SSSR count). The van der Waals surface area contributed by atoms with Gasteiger partial charge in [0.25, 0.3) is 5.91 Å². The van der Waals surface area contributed by atoms with E-state index in [1.807, 2.05) is 0 Å². The fraction of sp³-hybridized carbons (Fsp3) is 0.423. The molecule has 2 unspecified atom stereocenters. The number of nitrogens with one attached hydrogen (secondary N) is 2. The van der Waals surface area contributed by atoms with Crippen LogP contribution in [-0.2, 0) is 9.59 Å². The molecule has 2 atom stereocenters. The van der Waals surface area contributed by atoms with E-state index in [0.717, 1.165) is 25.7 Å². The average molecular weight is 450 g/mol. The van der Waals surface area contributed by atoms with Crippen molar-refractivity contribution in [2.75, 3.05) is 11.9 Å². The maximum Gasteiger partial charge on any atom is 0.256 e. The number of fused-ring (bicyclic) bond motifs is 2. The van der Waals surface area contributed by atoms with Crippen LogP contribution in [0.15, 0.2) is 42.5 Å². The van der Waals surface area contributed by atoms with Crippen molar-refractivity contribution in [3.05, 3.63) is 53.8 Å². The second kappa shape index (κ2) is 8.96. The topological polar surface area (TPSA) is 78.5 Å². The summed E-state index contributed by atoms with van der Waals surface area (Å²) in [7, 11) is 0. The van der Waals surface area contributed by atoms with Crippen molar-refractivity contribution in [3.8, 4) is 11.1 Å². The molecule has 2 fully saturated rings. The third-order valence-electron chi connectivity index (χ3n) is 7.18. The zero-order valence-corrected chi connectivity index (χ0v) is 18.5. The molecular formula is C26H28FN3O3. The normalized spacial score (nSPS) is 23.2. The van der Waals surface area contributed by atoms with Crippen LogP contribution in [0.5, 0.6) is 0 Å². The SMILES string of the molecule is O=C(NC1CCN2C(=O)c3cc(-c4ccccc4F)ccc3NC(=O)C2C1)C1CCCCC1. The van der Waals surface area contributed by atoms with E-state index in [1.54, 1.807) is 41.3 Å². The van der Waals surface area contributed by atoms with Gasteiger partial charge in [-0.1, -0.05) is 43.5 Å². The van der Waals surface area contributed by atoms with E-state index < -0.39 is 6.04 Å². The van der Waals surface area contributed by atoms with E-state index >= 15 is 0 Å². The molecule has 1 aliphatic carbocycles. The van der Waals surface area contributed by atoms with Crippen molar-refractivity contribution in [3.63, 3.8) is 0 Å². The van der Waals surface area contributed by atoms with Crippen LogP contribution >= 0.6 is 0 Å². The van der Waals surface area contributed by atoms with Crippen molar-refractivity contribution in [2.45, 2.75) is 57.0 Å². The quantitative estimate of drug-likeness (QED) is 0.740. The van der Waals surface area contributed by atoms with Gasteiger partial charge >= 0.3 is 0 Å². The number of hydrogen-bond acceptors (Lipinski definition) is 3. The van der Waals surface area contributed by atoms with Gasteiger partial charge in [-0.25, -0.2) is 4.39 Å². The summed E-state index contributed by atoms with van der Waals surface area (Å²) in [5, 5.41) is 6.01. The monoisotopic (exact) mass is 449 g/mol. The first-order valence-corrected chi connectivity index (χ1v) is 11.8. The third kappa shape index (κ3) is 4.24. The molecule has 2 heterocycles. The fourth-order valence-corrected chi connectivity index (χ4v) is 5.34. The number of carbonyl (C=O) groups excluding carboxylic acids is 3. The lowest BCUT2D eigenvalue weighted by Gasteiger charge is -2.38.